The zero-order valence-electron chi connectivity index (χ0n) is 25.7. The summed E-state index contributed by atoms with van der Waals surface area (Å²) in [5, 5.41) is 9.26. The Morgan fingerprint density at radius 2 is 1.93 bits per heavy atom. The summed E-state index contributed by atoms with van der Waals surface area (Å²) in [7, 11) is 0.911. The Kier molecular flexibility index (Phi) is 8.38. The van der Waals surface area contributed by atoms with E-state index < -0.39 is 19.9 Å². The molecule has 0 radical (unpaired) electrons. The lowest BCUT2D eigenvalue weighted by atomic mass is 9.89. The van der Waals surface area contributed by atoms with Crippen molar-refractivity contribution in [1.29, 1.82) is 0 Å². The number of carbonyl (C=O) groups is 2. The Hall–Kier alpha value is -3.19. The van der Waals surface area contributed by atoms with E-state index >= 15 is 0 Å². The second-order valence-corrected chi connectivity index (χ2v) is 20.1. The summed E-state index contributed by atoms with van der Waals surface area (Å²) < 4.78 is 8.80. The molecule has 12 heteroatoms. The molecule has 2 fully saturated rings. The van der Waals surface area contributed by atoms with E-state index in [-0.39, 0.29) is 12.8 Å². The van der Waals surface area contributed by atoms with Gasteiger partial charge in [-0.05, 0) is 49.5 Å². The minimum Gasteiger partial charge on any atom is -0.360 e. The van der Waals surface area contributed by atoms with Gasteiger partial charge in [-0.2, -0.15) is 5.10 Å². The van der Waals surface area contributed by atoms with Crippen molar-refractivity contribution in [3.05, 3.63) is 47.4 Å². The van der Waals surface area contributed by atoms with Gasteiger partial charge >= 0.3 is 11.8 Å². The van der Waals surface area contributed by atoms with E-state index in [2.05, 4.69) is 72.1 Å². The first kappa shape index (κ1) is 29.9. The molecule has 0 spiro atoms. The number of likely N-dealkylation sites (tertiary alicyclic amines) is 2. The van der Waals surface area contributed by atoms with E-state index in [4.69, 9.17) is 9.72 Å². The van der Waals surface area contributed by atoms with Crippen LogP contribution in [0, 0.1) is 5.92 Å². The van der Waals surface area contributed by atoms with Crippen LogP contribution in [0.2, 0.25) is 25.7 Å². The van der Waals surface area contributed by atoms with E-state index in [0.717, 1.165) is 53.1 Å². The maximum Gasteiger partial charge on any atom is 0.314 e. The quantitative estimate of drug-likeness (QED) is 0.162. The number of fused-ring (bicyclic) bond motifs is 2. The van der Waals surface area contributed by atoms with Gasteiger partial charge < -0.3 is 19.9 Å². The molecule has 228 valence electrons. The van der Waals surface area contributed by atoms with E-state index in [1.807, 2.05) is 0 Å². The molecule has 0 aliphatic carbocycles. The number of hydrogen-bond donors (Lipinski definition) is 1. The van der Waals surface area contributed by atoms with Crippen molar-refractivity contribution in [2.24, 2.45) is 5.92 Å². The molecule has 2 atom stereocenters. The monoisotopic (exact) mass is 619 g/mol. The third-order valence-electron chi connectivity index (χ3n) is 8.50. The maximum absolute atomic E-state index is 13.8. The van der Waals surface area contributed by atoms with Crippen molar-refractivity contribution < 1.29 is 14.3 Å². The number of piperidine rings is 1. The zero-order valence-corrected chi connectivity index (χ0v) is 27.5. The van der Waals surface area contributed by atoms with Gasteiger partial charge in [0, 0.05) is 51.8 Å². The van der Waals surface area contributed by atoms with Gasteiger partial charge in [0.15, 0.2) is 0 Å². The van der Waals surface area contributed by atoms with E-state index in [0.29, 0.717) is 36.2 Å². The summed E-state index contributed by atoms with van der Waals surface area (Å²) in [6, 6.07) is 7.20. The fourth-order valence-corrected chi connectivity index (χ4v) is 7.78. The third-order valence-corrected chi connectivity index (χ3v) is 11.4. The minimum absolute atomic E-state index is 0.182. The summed E-state index contributed by atoms with van der Waals surface area (Å²) in [6.45, 7) is 12.6. The number of nitrogens with one attached hydrogen (secondary N) is 1. The van der Waals surface area contributed by atoms with E-state index in [9.17, 15) is 9.59 Å². The molecule has 1 N–H and O–H groups in total. The first-order chi connectivity index (χ1) is 20.6. The molecule has 2 aliphatic heterocycles. The van der Waals surface area contributed by atoms with Gasteiger partial charge in [-0.3, -0.25) is 14.6 Å². The lowest BCUT2D eigenvalue weighted by Crippen LogP contribution is -2.46. The fourth-order valence-electron chi connectivity index (χ4n) is 5.99. The number of amides is 2. The zero-order chi connectivity index (χ0) is 30.3. The molecule has 5 heterocycles. The number of likely N-dealkylation sites (N-methyl/N-ethyl adjacent to an activating group) is 1. The SMILES string of the molecule is C[C@H]1CC[C@H](c2ccc3sc(C4CN(C)C4)nc3c2)N(C(=O)C(=O)Nc2cncc3cnn(COCC[Si](C)(C)C)c23)C1. The molecule has 0 saturated carbocycles. The highest BCUT2D eigenvalue weighted by Gasteiger charge is 2.35. The number of ether oxygens (including phenoxy) is 1. The molecule has 2 amide bonds. The molecule has 2 saturated heterocycles. The second-order valence-electron chi connectivity index (χ2n) is 13.4. The number of thiazole rings is 1. The van der Waals surface area contributed by atoms with Gasteiger partial charge in [0.05, 0.1) is 44.9 Å². The Morgan fingerprint density at radius 3 is 2.70 bits per heavy atom. The van der Waals surface area contributed by atoms with Crippen LogP contribution in [0.1, 0.15) is 42.3 Å². The lowest BCUT2D eigenvalue weighted by molar-refractivity contribution is -0.146. The van der Waals surface area contributed by atoms with Crippen molar-refractivity contribution in [1.82, 2.24) is 29.5 Å². The van der Waals surface area contributed by atoms with Gasteiger partial charge in [-0.15, -0.1) is 11.3 Å². The number of pyridine rings is 1. The number of rotatable bonds is 8. The number of nitrogens with zero attached hydrogens (tertiary/aromatic N) is 6. The van der Waals surface area contributed by atoms with Crippen LogP contribution in [-0.2, 0) is 21.1 Å². The summed E-state index contributed by atoms with van der Waals surface area (Å²) in [5.41, 5.74) is 3.14. The Labute approximate surface area is 257 Å². The molecule has 4 aromatic rings. The third kappa shape index (κ3) is 6.52. The predicted molar refractivity (Wildman–Crippen MR) is 173 cm³/mol. The number of aromatic nitrogens is 4. The molecule has 2 aliphatic rings. The molecule has 10 nitrogen and oxygen atoms in total. The van der Waals surface area contributed by atoms with Crippen LogP contribution < -0.4 is 5.32 Å². The van der Waals surface area contributed by atoms with Gasteiger partial charge in [0.2, 0.25) is 0 Å². The van der Waals surface area contributed by atoms with Gasteiger partial charge in [0.1, 0.15) is 6.73 Å². The Bertz CT molecular complexity index is 1640. The van der Waals surface area contributed by atoms with Crippen LogP contribution in [0.3, 0.4) is 0 Å². The summed E-state index contributed by atoms with van der Waals surface area (Å²) in [5.74, 6) is -0.414. The lowest BCUT2D eigenvalue weighted by Gasteiger charge is -2.38. The fraction of sp³-hybridized carbons (Fsp3) is 0.516. The molecule has 1 aromatic carbocycles. The largest absolute Gasteiger partial charge is 0.360 e. The molecule has 3 aromatic heterocycles. The average Bonchev–Trinajstić information content (AvgIpc) is 3.57. The van der Waals surface area contributed by atoms with Gasteiger partial charge in [-0.25, -0.2) is 9.67 Å². The van der Waals surface area contributed by atoms with Crippen molar-refractivity contribution in [2.75, 3.05) is 38.6 Å². The highest BCUT2D eigenvalue weighted by molar-refractivity contribution is 7.18. The van der Waals surface area contributed by atoms with Crippen molar-refractivity contribution in [3.8, 4) is 0 Å². The van der Waals surface area contributed by atoms with Crippen molar-refractivity contribution in [3.63, 3.8) is 0 Å². The topological polar surface area (TPSA) is 105 Å². The Morgan fingerprint density at radius 1 is 1.12 bits per heavy atom. The molecule has 0 unspecified atom stereocenters. The number of anilines is 1. The first-order valence-electron chi connectivity index (χ1n) is 15.1. The predicted octanol–water partition coefficient (Wildman–Crippen LogP) is 5.32. The summed E-state index contributed by atoms with van der Waals surface area (Å²) in [4.78, 5) is 40.5. The normalized spacial score (nSPS) is 20.1. The minimum atomic E-state index is -1.22. The standard InChI is InChI=1S/C31H41N7O3SSi/c1-20-6-8-26(21-7-9-27-24(12-21)35-30(42-27)23-17-36(2)18-23)37(16-20)31(40)29(39)34-25-15-32-13-22-14-33-38(28(22)25)19-41-10-11-43(3,4)5/h7,9,12-15,20,23,26H,6,8,10-11,16-19H2,1-5H3,(H,34,39)/t20-,26+/m0/s1. The first-order valence-corrected chi connectivity index (χ1v) is 19.7. The maximum atomic E-state index is 13.8. The Balaban J connectivity index is 1.19. The summed E-state index contributed by atoms with van der Waals surface area (Å²) in [6.07, 6.45) is 6.76. The van der Waals surface area contributed by atoms with E-state index in [1.165, 1.54) is 5.01 Å². The number of benzene rings is 1. The smallest absolute Gasteiger partial charge is 0.314 e. The average molecular weight is 620 g/mol. The number of hydrogen-bond acceptors (Lipinski definition) is 8. The highest BCUT2D eigenvalue weighted by atomic mass is 32.1. The van der Waals surface area contributed by atoms with E-state index in [1.54, 1.807) is 39.5 Å². The van der Waals surface area contributed by atoms with Crippen LogP contribution in [0.15, 0.2) is 36.8 Å². The van der Waals surface area contributed by atoms with Crippen LogP contribution in [-0.4, -0.2) is 82.7 Å². The van der Waals surface area contributed by atoms with Gasteiger partial charge in [-0.1, -0.05) is 32.6 Å². The highest BCUT2D eigenvalue weighted by Crippen LogP contribution is 2.37. The molecular weight excluding hydrogens is 579 g/mol. The van der Waals surface area contributed by atoms with Crippen LogP contribution >= 0.6 is 11.3 Å². The second kappa shape index (κ2) is 12.1. The molecule has 0 bridgehead atoms. The van der Waals surface area contributed by atoms with Crippen molar-refractivity contribution >= 4 is 58.0 Å². The van der Waals surface area contributed by atoms with Crippen molar-refractivity contribution in [2.45, 2.75) is 64.1 Å². The molecule has 6 rings (SSSR count). The summed E-state index contributed by atoms with van der Waals surface area (Å²) >= 11 is 1.76. The molecule has 43 heavy (non-hydrogen) atoms. The molecular formula is C31H41N7O3SSi. The van der Waals surface area contributed by atoms with Crippen LogP contribution in [0.4, 0.5) is 5.69 Å². The van der Waals surface area contributed by atoms with Crippen LogP contribution in [0.25, 0.3) is 21.1 Å². The number of carbonyl (C=O) groups excluding carboxylic acids is 2. The van der Waals surface area contributed by atoms with Crippen LogP contribution in [0.5, 0.6) is 0 Å². The van der Waals surface area contributed by atoms with Gasteiger partial charge in [0.25, 0.3) is 0 Å².